The lowest BCUT2D eigenvalue weighted by Crippen LogP contribution is -2.26. The lowest BCUT2D eigenvalue weighted by atomic mass is 10.1. The summed E-state index contributed by atoms with van der Waals surface area (Å²) in [6, 6.07) is 12.1. The lowest BCUT2D eigenvalue weighted by Gasteiger charge is -2.14. The number of nitrogens with zero attached hydrogens (tertiary/aromatic N) is 4. The van der Waals surface area contributed by atoms with E-state index < -0.39 is 0 Å². The molecule has 0 unspecified atom stereocenters. The van der Waals surface area contributed by atoms with Gasteiger partial charge in [-0.3, -0.25) is 9.48 Å². The van der Waals surface area contributed by atoms with Crippen molar-refractivity contribution in [2.24, 2.45) is 7.05 Å². The first-order chi connectivity index (χ1) is 15.4. The zero-order chi connectivity index (χ0) is 22.4. The first kappa shape index (κ1) is 20.3. The topological polar surface area (TPSA) is 88.5 Å². The third kappa shape index (κ3) is 3.54. The summed E-state index contributed by atoms with van der Waals surface area (Å²) < 4.78 is 16.2. The molecule has 3 heterocycles. The molecule has 0 fully saturated rings. The van der Waals surface area contributed by atoms with Gasteiger partial charge in [-0.25, -0.2) is 14.4 Å². The molecule has 7 nitrogen and oxygen atoms in total. The maximum Gasteiger partial charge on any atom is 0.255 e. The monoisotopic (exact) mass is 492 g/mol. The van der Waals surface area contributed by atoms with Crippen molar-refractivity contribution in [3.05, 3.63) is 76.3 Å². The normalized spacial score (nSPS) is 12.4. The molecule has 5 rings (SSSR count). The first-order valence-electron chi connectivity index (χ1n) is 9.94. The van der Waals surface area contributed by atoms with E-state index in [-0.39, 0.29) is 17.8 Å². The van der Waals surface area contributed by atoms with Gasteiger partial charge >= 0.3 is 0 Å². The van der Waals surface area contributed by atoms with E-state index >= 15 is 0 Å². The minimum Gasteiger partial charge on any atom is -0.345 e. The Morgan fingerprint density at radius 3 is 2.78 bits per heavy atom. The van der Waals surface area contributed by atoms with Gasteiger partial charge in [0.1, 0.15) is 22.7 Å². The van der Waals surface area contributed by atoms with E-state index in [0.717, 1.165) is 15.4 Å². The van der Waals surface area contributed by atoms with Crippen LogP contribution in [0.15, 0.2) is 59.3 Å². The predicted octanol–water partition coefficient (Wildman–Crippen LogP) is 4.90. The van der Waals surface area contributed by atoms with E-state index in [4.69, 9.17) is 0 Å². The zero-order valence-corrected chi connectivity index (χ0v) is 18.8. The number of carbonyl (C=O) groups excluding carboxylic acids is 1. The second-order valence-electron chi connectivity index (χ2n) is 7.54. The number of amides is 1. The number of hydrogen-bond donors (Lipinski definition) is 2. The Kier molecular flexibility index (Phi) is 4.97. The Morgan fingerprint density at radius 1 is 1.22 bits per heavy atom. The molecule has 5 aromatic rings. The van der Waals surface area contributed by atoms with Crippen molar-refractivity contribution in [2.45, 2.75) is 13.0 Å². The number of aromatic amines is 1. The highest BCUT2D eigenvalue weighted by atomic mass is 79.9. The number of nitrogens with one attached hydrogen (secondary N) is 2. The van der Waals surface area contributed by atoms with Crippen LogP contribution in [0, 0.1) is 5.82 Å². The van der Waals surface area contributed by atoms with Gasteiger partial charge in [0.2, 0.25) is 0 Å². The Labute approximate surface area is 190 Å². The molecule has 9 heteroatoms. The van der Waals surface area contributed by atoms with Gasteiger partial charge in [0.15, 0.2) is 5.65 Å². The number of carbonyl (C=O) groups is 1. The van der Waals surface area contributed by atoms with E-state index in [1.54, 1.807) is 30.2 Å². The van der Waals surface area contributed by atoms with Gasteiger partial charge in [-0.2, -0.15) is 5.10 Å². The number of aryl methyl sites for hydroxylation is 1. The van der Waals surface area contributed by atoms with Crippen LogP contribution in [-0.4, -0.2) is 30.6 Å². The molecule has 0 radical (unpaired) electrons. The van der Waals surface area contributed by atoms with Crippen molar-refractivity contribution in [1.82, 2.24) is 30.0 Å². The van der Waals surface area contributed by atoms with Gasteiger partial charge in [-0.05, 0) is 42.8 Å². The third-order valence-electron chi connectivity index (χ3n) is 5.40. The van der Waals surface area contributed by atoms with Gasteiger partial charge in [0.05, 0.1) is 23.3 Å². The number of benzene rings is 2. The number of H-pyrrole nitrogens is 1. The molecule has 0 bridgehead atoms. The fourth-order valence-corrected chi connectivity index (χ4v) is 3.97. The van der Waals surface area contributed by atoms with Crippen LogP contribution in [0.1, 0.15) is 28.9 Å². The maximum atomic E-state index is 13.7. The van der Waals surface area contributed by atoms with Crippen LogP contribution < -0.4 is 5.32 Å². The van der Waals surface area contributed by atoms with Crippen molar-refractivity contribution >= 4 is 43.9 Å². The molecule has 0 aliphatic rings. The molecular weight excluding hydrogens is 475 g/mol. The van der Waals surface area contributed by atoms with E-state index in [1.165, 1.54) is 12.1 Å². The van der Waals surface area contributed by atoms with Crippen LogP contribution in [0.3, 0.4) is 0 Å². The predicted molar refractivity (Wildman–Crippen MR) is 124 cm³/mol. The molecular formula is C23H18BrFN6O. The van der Waals surface area contributed by atoms with Gasteiger partial charge in [0, 0.05) is 23.1 Å². The lowest BCUT2D eigenvalue weighted by molar-refractivity contribution is 0.0941. The average molecular weight is 493 g/mol. The van der Waals surface area contributed by atoms with E-state index in [0.29, 0.717) is 33.6 Å². The minimum absolute atomic E-state index is 0.189. The molecule has 160 valence electrons. The molecule has 0 saturated carbocycles. The van der Waals surface area contributed by atoms with E-state index in [1.807, 2.05) is 31.2 Å². The van der Waals surface area contributed by atoms with Crippen LogP contribution in [-0.2, 0) is 7.05 Å². The van der Waals surface area contributed by atoms with Crippen molar-refractivity contribution in [3.8, 4) is 11.4 Å². The zero-order valence-electron chi connectivity index (χ0n) is 17.2. The number of hydrogen-bond acceptors (Lipinski definition) is 4. The second kappa shape index (κ2) is 7.83. The van der Waals surface area contributed by atoms with Crippen LogP contribution >= 0.6 is 15.9 Å². The molecule has 3 aromatic heterocycles. The molecule has 1 atom stereocenters. The van der Waals surface area contributed by atoms with Crippen LogP contribution in [0.4, 0.5) is 4.39 Å². The van der Waals surface area contributed by atoms with Crippen molar-refractivity contribution < 1.29 is 9.18 Å². The highest BCUT2D eigenvalue weighted by Crippen LogP contribution is 2.28. The number of fused-ring (bicyclic) bond motifs is 2. The molecule has 0 spiro atoms. The summed E-state index contributed by atoms with van der Waals surface area (Å²) in [5, 5.41) is 8.26. The molecule has 0 aliphatic heterocycles. The van der Waals surface area contributed by atoms with Crippen LogP contribution in [0.25, 0.3) is 33.5 Å². The minimum atomic E-state index is -0.335. The number of halogens is 2. The van der Waals surface area contributed by atoms with Gasteiger partial charge in [-0.1, -0.05) is 28.1 Å². The molecule has 32 heavy (non-hydrogen) atoms. The molecule has 2 N–H and O–H groups in total. The summed E-state index contributed by atoms with van der Waals surface area (Å²) in [6.07, 6.45) is 3.19. The fourth-order valence-electron chi connectivity index (χ4n) is 3.71. The fraction of sp³-hybridized carbons (Fsp3) is 0.130. The summed E-state index contributed by atoms with van der Waals surface area (Å²) in [7, 11) is 1.75. The SMILES string of the molecule is C[C@@H](NC(=O)c1c[nH]c2ncc(-c3nn(C)c4cc(F)ccc34)nc12)c1ccc(Br)cc1. The standard InChI is InChI=1S/C23H18BrFN6O/c1-12(13-3-5-14(24)6-4-13)28-23(32)17-10-26-22-21(17)29-18(11-27-22)20-16-8-7-15(25)9-19(16)31(2)30-20/h3-12H,1-2H3,(H,26,27)(H,28,32)/t12-/m1/s1. The maximum absolute atomic E-state index is 13.7. The summed E-state index contributed by atoms with van der Waals surface area (Å²) >= 11 is 3.42. The van der Waals surface area contributed by atoms with Crippen molar-refractivity contribution in [1.29, 1.82) is 0 Å². The average Bonchev–Trinajstić information content (AvgIpc) is 3.35. The summed E-state index contributed by atoms with van der Waals surface area (Å²) in [5.74, 6) is -0.593. The van der Waals surface area contributed by atoms with Crippen molar-refractivity contribution in [2.75, 3.05) is 0 Å². The summed E-state index contributed by atoms with van der Waals surface area (Å²) in [6.45, 7) is 1.92. The van der Waals surface area contributed by atoms with Crippen molar-refractivity contribution in [3.63, 3.8) is 0 Å². The highest BCUT2D eigenvalue weighted by Gasteiger charge is 2.19. The van der Waals surface area contributed by atoms with E-state index in [9.17, 15) is 9.18 Å². The Balaban J connectivity index is 1.50. The van der Waals surface area contributed by atoms with Gasteiger partial charge in [0.25, 0.3) is 5.91 Å². The first-order valence-corrected chi connectivity index (χ1v) is 10.7. The number of aromatic nitrogens is 5. The Hall–Kier alpha value is -3.59. The van der Waals surface area contributed by atoms with Crippen LogP contribution in [0.5, 0.6) is 0 Å². The van der Waals surface area contributed by atoms with Gasteiger partial charge in [-0.15, -0.1) is 0 Å². The molecule has 0 aliphatic carbocycles. The summed E-state index contributed by atoms with van der Waals surface area (Å²) in [4.78, 5) is 25.1. The number of rotatable bonds is 4. The van der Waals surface area contributed by atoms with Gasteiger partial charge < -0.3 is 10.3 Å². The Bertz CT molecular complexity index is 1470. The third-order valence-corrected chi connectivity index (χ3v) is 5.93. The smallest absolute Gasteiger partial charge is 0.255 e. The quantitative estimate of drug-likeness (QED) is 0.373. The second-order valence-corrected chi connectivity index (χ2v) is 8.45. The largest absolute Gasteiger partial charge is 0.345 e. The highest BCUT2D eigenvalue weighted by molar-refractivity contribution is 9.10. The molecule has 2 aromatic carbocycles. The molecule has 1 amide bonds. The van der Waals surface area contributed by atoms with E-state index in [2.05, 4.69) is 41.3 Å². The molecule has 0 saturated heterocycles. The Morgan fingerprint density at radius 2 is 2.00 bits per heavy atom. The summed E-state index contributed by atoms with van der Waals surface area (Å²) in [5.41, 5.74) is 4.06. The van der Waals surface area contributed by atoms with Crippen LogP contribution in [0.2, 0.25) is 0 Å².